The molecule has 0 aromatic heterocycles. The zero-order chi connectivity index (χ0) is 13.4. The summed E-state index contributed by atoms with van der Waals surface area (Å²) in [6, 6.07) is 0. The number of nitrogens with zero attached hydrogens (tertiary/aromatic N) is 1. The molecular formula is C11H10F5NO. The van der Waals surface area contributed by atoms with Crippen molar-refractivity contribution in [3.05, 3.63) is 29.1 Å². The Morgan fingerprint density at radius 1 is 0.944 bits per heavy atom. The van der Waals surface area contributed by atoms with Crippen LogP contribution in [0.2, 0.25) is 0 Å². The molecule has 2 nitrogen and oxygen atoms in total. The van der Waals surface area contributed by atoms with Gasteiger partial charge in [-0.3, -0.25) is 0 Å². The van der Waals surface area contributed by atoms with Crippen molar-refractivity contribution < 1.29 is 27.1 Å². The van der Waals surface area contributed by atoms with Gasteiger partial charge in [-0.05, 0) is 6.42 Å². The van der Waals surface area contributed by atoms with Crippen molar-refractivity contribution >= 4 is 5.69 Å². The van der Waals surface area contributed by atoms with Gasteiger partial charge in [-0.25, -0.2) is 22.0 Å². The minimum Gasteiger partial charge on any atom is -0.396 e. The molecule has 1 aliphatic rings. The molecular weight excluding hydrogens is 257 g/mol. The van der Waals surface area contributed by atoms with Gasteiger partial charge in [-0.2, -0.15) is 0 Å². The van der Waals surface area contributed by atoms with Crippen LogP contribution in [-0.2, 0) is 0 Å². The Balaban J connectivity index is 2.46. The number of hydrogen-bond donors (Lipinski definition) is 1. The summed E-state index contributed by atoms with van der Waals surface area (Å²) in [6.07, 6.45) is 0.440. The first kappa shape index (κ1) is 13.1. The van der Waals surface area contributed by atoms with E-state index in [9.17, 15) is 22.0 Å². The van der Waals surface area contributed by atoms with E-state index in [1.54, 1.807) is 0 Å². The van der Waals surface area contributed by atoms with Crippen LogP contribution in [0.4, 0.5) is 27.6 Å². The number of aliphatic hydroxyl groups excluding tert-OH is 1. The maximum absolute atomic E-state index is 13.5. The van der Waals surface area contributed by atoms with Crippen LogP contribution in [0.15, 0.2) is 0 Å². The monoisotopic (exact) mass is 267 g/mol. The summed E-state index contributed by atoms with van der Waals surface area (Å²) >= 11 is 0. The van der Waals surface area contributed by atoms with Crippen molar-refractivity contribution in [1.29, 1.82) is 0 Å². The summed E-state index contributed by atoms with van der Waals surface area (Å²) in [5, 5.41) is 8.90. The van der Waals surface area contributed by atoms with Gasteiger partial charge in [0.1, 0.15) is 5.69 Å². The molecule has 1 atom stereocenters. The highest BCUT2D eigenvalue weighted by Gasteiger charge is 2.32. The van der Waals surface area contributed by atoms with Gasteiger partial charge in [0.05, 0.1) is 0 Å². The lowest BCUT2D eigenvalue weighted by Crippen LogP contribution is -2.24. The number of anilines is 1. The highest BCUT2D eigenvalue weighted by Crippen LogP contribution is 2.33. The highest BCUT2D eigenvalue weighted by molar-refractivity contribution is 5.51. The molecule has 0 spiro atoms. The van der Waals surface area contributed by atoms with E-state index in [0.717, 1.165) is 4.90 Å². The molecule has 0 amide bonds. The first-order chi connectivity index (χ1) is 8.47. The van der Waals surface area contributed by atoms with E-state index in [1.807, 2.05) is 0 Å². The minimum atomic E-state index is -2.16. The van der Waals surface area contributed by atoms with Gasteiger partial charge in [-0.1, -0.05) is 0 Å². The van der Waals surface area contributed by atoms with Gasteiger partial charge in [0.25, 0.3) is 0 Å². The molecule has 1 aromatic carbocycles. The maximum Gasteiger partial charge on any atom is 0.200 e. The molecule has 1 heterocycles. The van der Waals surface area contributed by atoms with E-state index in [1.165, 1.54) is 0 Å². The fraction of sp³-hybridized carbons (Fsp3) is 0.455. The van der Waals surface area contributed by atoms with E-state index in [0.29, 0.717) is 6.42 Å². The van der Waals surface area contributed by atoms with Crippen molar-refractivity contribution in [2.75, 3.05) is 24.6 Å². The molecule has 1 aliphatic heterocycles. The third-order valence-electron chi connectivity index (χ3n) is 3.05. The first-order valence-electron chi connectivity index (χ1n) is 5.34. The third-order valence-corrected chi connectivity index (χ3v) is 3.05. The molecule has 1 N–H and O–H groups in total. The Labute approximate surface area is 99.6 Å². The van der Waals surface area contributed by atoms with Gasteiger partial charge < -0.3 is 10.0 Å². The van der Waals surface area contributed by atoms with E-state index >= 15 is 0 Å². The SMILES string of the molecule is OCC1CCN(c2c(F)c(F)c(F)c(F)c2F)C1. The number of halogens is 5. The second kappa shape index (κ2) is 4.72. The number of rotatable bonds is 2. The van der Waals surface area contributed by atoms with Gasteiger partial charge in [-0.15, -0.1) is 0 Å². The van der Waals surface area contributed by atoms with Crippen LogP contribution >= 0.6 is 0 Å². The van der Waals surface area contributed by atoms with Crippen molar-refractivity contribution in [1.82, 2.24) is 0 Å². The maximum atomic E-state index is 13.5. The lowest BCUT2D eigenvalue weighted by atomic mass is 10.1. The zero-order valence-corrected chi connectivity index (χ0v) is 9.19. The number of benzene rings is 1. The van der Waals surface area contributed by atoms with Crippen LogP contribution in [0.5, 0.6) is 0 Å². The third kappa shape index (κ3) is 1.92. The largest absolute Gasteiger partial charge is 0.396 e. The van der Waals surface area contributed by atoms with Gasteiger partial charge in [0, 0.05) is 25.6 Å². The quantitative estimate of drug-likeness (QED) is 0.504. The van der Waals surface area contributed by atoms with Crippen molar-refractivity contribution in [2.45, 2.75) is 6.42 Å². The molecule has 100 valence electrons. The molecule has 1 fully saturated rings. The molecule has 1 saturated heterocycles. The second-order valence-corrected chi connectivity index (χ2v) is 4.20. The summed E-state index contributed by atoms with van der Waals surface area (Å²) in [5.41, 5.74) is -0.914. The molecule has 1 unspecified atom stereocenters. The molecule has 0 bridgehead atoms. The Morgan fingerprint density at radius 2 is 1.44 bits per heavy atom. The predicted octanol–water partition coefficient (Wildman–Crippen LogP) is 2.20. The Kier molecular flexibility index (Phi) is 3.43. The average Bonchev–Trinajstić information content (AvgIpc) is 2.83. The standard InChI is InChI=1S/C11H10F5NO/c12-6-7(13)9(15)11(10(16)8(6)14)17-2-1-5(3-17)4-18/h5,18H,1-4H2. The Hall–Kier alpha value is -1.37. The second-order valence-electron chi connectivity index (χ2n) is 4.20. The van der Waals surface area contributed by atoms with E-state index in [2.05, 4.69) is 0 Å². The molecule has 2 rings (SSSR count). The van der Waals surface area contributed by atoms with Crippen LogP contribution in [0.1, 0.15) is 6.42 Å². The zero-order valence-electron chi connectivity index (χ0n) is 9.19. The van der Waals surface area contributed by atoms with Crippen molar-refractivity contribution in [3.8, 4) is 0 Å². The summed E-state index contributed by atoms with van der Waals surface area (Å²) in [4.78, 5) is 1.07. The van der Waals surface area contributed by atoms with Crippen molar-refractivity contribution in [2.24, 2.45) is 5.92 Å². The molecule has 0 aliphatic carbocycles. The molecule has 0 saturated carbocycles. The lowest BCUT2D eigenvalue weighted by Gasteiger charge is -2.20. The fourth-order valence-corrected chi connectivity index (χ4v) is 2.06. The Morgan fingerprint density at radius 3 is 1.89 bits per heavy atom. The summed E-state index contributed by atoms with van der Waals surface area (Å²) in [7, 11) is 0. The summed E-state index contributed by atoms with van der Waals surface area (Å²) < 4.78 is 65.8. The molecule has 7 heteroatoms. The normalized spacial score (nSPS) is 19.7. The lowest BCUT2D eigenvalue weighted by molar-refractivity contribution is 0.238. The summed E-state index contributed by atoms with van der Waals surface area (Å²) in [5.74, 6) is -9.94. The van der Waals surface area contributed by atoms with E-state index in [-0.39, 0.29) is 25.6 Å². The predicted molar refractivity (Wildman–Crippen MR) is 53.6 cm³/mol. The Bertz CT molecular complexity index is 450. The fourth-order valence-electron chi connectivity index (χ4n) is 2.06. The van der Waals surface area contributed by atoms with Crippen LogP contribution < -0.4 is 4.90 Å². The van der Waals surface area contributed by atoms with E-state index in [4.69, 9.17) is 5.11 Å². The first-order valence-corrected chi connectivity index (χ1v) is 5.34. The smallest absolute Gasteiger partial charge is 0.200 e. The van der Waals surface area contributed by atoms with Crippen LogP contribution in [-0.4, -0.2) is 24.8 Å². The van der Waals surface area contributed by atoms with Crippen LogP contribution in [0, 0.1) is 35.0 Å². The van der Waals surface area contributed by atoms with Crippen LogP contribution in [0.25, 0.3) is 0 Å². The van der Waals surface area contributed by atoms with Gasteiger partial charge in [0.2, 0.25) is 5.82 Å². The topological polar surface area (TPSA) is 23.5 Å². The molecule has 0 radical (unpaired) electrons. The highest BCUT2D eigenvalue weighted by atomic mass is 19.2. The average molecular weight is 267 g/mol. The number of aliphatic hydroxyl groups is 1. The van der Waals surface area contributed by atoms with Crippen molar-refractivity contribution in [3.63, 3.8) is 0 Å². The van der Waals surface area contributed by atoms with Gasteiger partial charge in [0.15, 0.2) is 23.3 Å². The van der Waals surface area contributed by atoms with Crippen LogP contribution in [0.3, 0.4) is 0 Å². The van der Waals surface area contributed by atoms with Gasteiger partial charge >= 0.3 is 0 Å². The number of hydrogen-bond acceptors (Lipinski definition) is 2. The van der Waals surface area contributed by atoms with E-state index < -0.39 is 34.8 Å². The minimum absolute atomic E-state index is 0.0643. The molecule has 18 heavy (non-hydrogen) atoms. The summed E-state index contributed by atoms with van der Waals surface area (Å²) in [6.45, 7) is 0.0182. The molecule has 1 aromatic rings.